The number of carbonyl (C=O) groups is 1. The molecule has 1 fully saturated rings. The highest BCUT2D eigenvalue weighted by atomic mass is 32.2. The molecule has 0 aliphatic carbocycles. The number of aromatic nitrogens is 1. The highest BCUT2D eigenvalue weighted by molar-refractivity contribution is 7.91. The summed E-state index contributed by atoms with van der Waals surface area (Å²) in [6, 6.07) is 11.1. The first-order valence-corrected chi connectivity index (χ1v) is 11.1. The van der Waals surface area contributed by atoms with E-state index in [4.69, 9.17) is 0 Å². The summed E-state index contributed by atoms with van der Waals surface area (Å²) in [7, 11) is -3.04. The van der Waals surface area contributed by atoms with Crippen molar-refractivity contribution in [1.82, 2.24) is 9.88 Å². The molecule has 1 atom stereocenters. The van der Waals surface area contributed by atoms with Gasteiger partial charge in [0.1, 0.15) is 5.82 Å². The summed E-state index contributed by atoms with van der Waals surface area (Å²) in [5.74, 6) is 0.635. The van der Waals surface area contributed by atoms with Gasteiger partial charge in [0.15, 0.2) is 9.84 Å². The largest absolute Gasteiger partial charge is 0.340 e. The molecule has 1 aliphatic rings. The topological polar surface area (TPSA) is 79.4 Å². The van der Waals surface area contributed by atoms with Gasteiger partial charge in [-0.2, -0.15) is 0 Å². The summed E-state index contributed by atoms with van der Waals surface area (Å²) in [4.78, 5) is 19.0. The SMILES string of the molecule is CCc1ccccc1Nc1cc(C(=O)N(CC)C2CCS(=O)(=O)C2)ccn1. The molecule has 0 radical (unpaired) electrons. The maximum atomic E-state index is 13.0. The lowest BCUT2D eigenvalue weighted by atomic mass is 10.1. The first-order chi connectivity index (χ1) is 12.9. The van der Waals surface area contributed by atoms with Crippen molar-refractivity contribution >= 4 is 27.2 Å². The number of amides is 1. The number of rotatable bonds is 6. The monoisotopic (exact) mass is 387 g/mol. The molecule has 1 aliphatic heterocycles. The Morgan fingerprint density at radius 2 is 2.04 bits per heavy atom. The fourth-order valence-corrected chi connectivity index (χ4v) is 5.21. The van der Waals surface area contributed by atoms with E-state index in [1.807, 2.05) is 25.1 Å². The van der Waals surface area contributed by atoms with Gasteiger partial charge in [-0.15, -0.1) is 0 Å². The second kappa shape index (κ2) is 8.08. The summed E-state index contributed by atoms with van der Waals surface area (Å²) in [5.41, 5.74) is 2.64. The van der Waals surface area contributed by atoms with Gasteiger partial charge < -0.3 is 10.2 Å². The molecule has 1 N–H and O–H groups in total. The Morgan fingerprint density at radius 3 is 2.70 bits per heavy atom. The molecule has 2 aromatic rings. The summed E-state index contributed by atoms with van der Waals surface area (Å²) in [5, 5.41) is 3.28. The first kappa shape index (κ1) is 19.4. The van der Waals surface area contributed by atoms with Gasteiger partial charge in [0.25, 0.3) is 5.91 Å². The van der Waals surface area contributed by atoms with Crippen LogP contribution >= 0.6 is 0 Å². The van der Waals surface area contributed by atoms with E-state index in [1.54, 1.807) is 23.2 Å². The Kier molecular flexibility index (Phi) is 5.79. The smallest absolute Gasteiger partial charge is 0.254 e. The summed E-state index contributed by atoms with van der Waals surface area (Å²) in [6.45, 7) is 4.44. The van der Waals surface area contributed by atoms with Crippen LogP contribution in [0.4, 0.5) is 11.5 Å². The van der Waals surface area contributed by atoms with Crippen LogP contribution in [-0.2, 0) is 16.3 Å². The van der Waals surface area contributed by atoms with Crippen LogP contribution in [0.25, 0.3) is 0 Å². The van der Waals surface area contributed by atoms with Gasteiger partial charge in [-0.25, -0.2) is 13.4 Å². The van der Waals surface area contributed by atoms with E-state index < -0.39 is 9.84 Å². The fourth-order valence-electron chi connectivity index (χ4n) is 3.48. The lowest BCUT2D eigenvalue weighted by molar-refractivity contribution is 0.0708. The molecule has 1 amide bonds. The average molecular weight is 388 g/mol. The van der Waals surface area contributed by atoms with Crippen LogP contribution in [0.2, 0.25) is 0 Å². The van der Waals surface area contributed by atoms with Crippen molar-refractivity contribution < 1.29 is 13.2 Å². The number of sulfone groups is 1. The predicted octanol–water partition coefficient (Wildman–Crippen LogP) is 3.04. The number of benzene rings is 1. The van der Waals surface area contributed by atoms with Crippen LogP contribution in [0.15, 0.2) is 42.6 Å². The van der Waals surface area contributed by atoms with Crippen molar-refractivity contribution in [2.75, 3.05) is 23.4 Å². The zero-order chi connectivity index (χ0) is 19.4. The van der Waals surface area contributed by atoms with Gasteiger partial charge in [0.05, 0.1) is 11.5 Å². The van der Waals surface area contributed by atoms with E-state index in [1.165, 1.54) is 5.56 Å². The van der Waals surface area contributed by atoms with Crippen molar-refractivity contribution in [2.45, 2.75) is 32.7 Å². The fraction of sp³-hybridized carbons (Fsp3) is 0.400. The molecular formula is C20H25N3O3S. The summed E-state index contributed by atoms with van der Waals surface area (Å²) < 4.78 is 23.6. The molecule has 2 heterocycles. The van der Waals surface area contributed by atoms with Gasteiger partial charge in [-0.1, -0.05) is 25.1 Å². The third-order valence-corrected chi connectivity index (χ3v) is 6.67. The molecule has 144 valence electrons. The van der Waals surface area contributed by atoms with Crippen LogP contribution in [0, 0.1) is 0 Å². The van der Waals surface area contributed by atoms with E-state index >= 15 is 0 Å². The highest BCUT2D eigenvalue weighted by Crippen LogP contribution is 2.23. The Balaban J connectivity index is 1.81. The van der Waals surface area contributed by atoms with E-state index in [2.05, 4.69) is 23.3 Å². The molecule has 1 saturated heterocycles. The molecule has 1 aromatic carbocycles. The quantitative estimate of drug-likeness (QED) is 0.824. The maximum absolute atomic E-state index is 13.0. The number of aryl methyl sites for hydroxylation is 1. The molecule has 3 rings (SSSR count). The third-order valence-electron chi connectivity index (χ3n) is 4.92. The zero-order valence-electron chi connectivity index (χ0n) is 15.7. The molecule has 1 aromatic heterocycles. The summed E-state index contributed by atoms with van der Waals surface area (Å²) in [6.07, 6.45) is 2.99. The lowest BCUT2D eigenvalue weighted by Gasteiger charge is -2.27. The molecule has 6 nitrogen and oxygen atoms in total. The number of anilines is 2. The molecule has 1 unspecified atom stereocenters. The molecule has 27 heavy (non-hydrogen) atoms. The van der Waals surface area contributed by atoms with Crippen LogP contribution < -0.4 is 5.32 Å². The van der Waals surface area contributed by atoms with Crippen molar-refractivity contribution in [3.8, 4) is 0 Å². The van der Waals surface area contributed by atoms with E-state index in [0.717, 1.165) is 12.1 Å². The van der Waals surface area contributed by atoms with Crippen molar-refractivity contribution in [2.24, 2.45) is 0 Å². The standard InChI is InChI=1S/C20H25N3O3S/c1-3-15-7-5-6-8-18(15)22-19-13-16(9-11-21-19)20(24)23(4-2)17-10-12-27(25,26)14-17/h5-9,11,13,17H,3-4,10,12,14H2,1-2H3,(H,21,22). The Labute approximate surface area is 160 Å². The Hall–Kier alpha value is -2.41. The molecule has 7 heteroatoms. The minimum Gasteiger partial charge on any atom is -0.340 e. The number of pyridine rings is 1. The number of hydrogen-bond donors (Lipinski definition) is 1. The van der Waals surface area contributed by atoms with E-state index in [-0.39, 0.29) is 23.5 Å². The van der Waals surface area contributed by atoms with Crippen LogP contribution in [0.5, 0.6) is 0 Å². The van der Waals surface area contributed by atoms with E-state index in [0.29, 0.717) is 24.3 Å². The van der Waals surface area contributed by atoms with Crippen LogP contribution in [-0.4, -0.2) is 48.3 Å². The lowest BCUT2D eigenvalue weighted by Crippen LogP contribution is -2.41. The Bertz CT molecular complexity index is 928. The molecule has 0 spiro atoms. The van der Waals surface area contributed by atoms with Crippen molar-refractivity contribution in [3.05, 3.63) is 53.7 Å². The van der Waals surface area contributed by atoms with Crippen LogP contribution in [0.1, 0.15) is 36.2 Å². The first-order valence-electron chi connectivity index (χ1n) is 9.26. The normalized spacial score (nSPS) is 18.2. The van der Waals surface area contributed by atoms with Gasteiger partial charge in [0, 0.05) is 30.0 Å². The Morgan fingerprint density at radius 1 is 1.26 bits per heavy atom. The second-order valence-electron chi connectivity index (χ2n) is 6.71. The van der Waals surface area contributed by atoms with Crippen molar-refractivity contribution in [1.29, 1.82) is 0 Å². The number of nitrogens with one attached hydrogen (secondary N) is 1. The molecular weight excluding hydrogens is 362 g/mol. The van der Waals surface area contributed by atoms with Gasteiger partial charge in [-0.3, -0.25) is 4.79 Å². The zero-order valence-corrected chi connectivity index (χ0v) is 16.5. The average Bonchev–Trinajstić information content (AvgIpc) is 3.02. The number of hydrogen-bond acceptors (Lipinski definition) is 5. The number of nitrogens with zero attached hydrogens (tertiary/aromatic N) is 2. The predicted molar refractivity (Wildman–Crippen MR) is 107 cm³/mol. The van der Waals surface area contributed by atoms with Gasteiger partial charge in [0.2, 0.25) is 0 Å². The molecule has 0 bridgehead atoms. The summed E-state index contributed by atoms with van der Waals surface area (Å²) >= 11 is 0. The second-order valence-corrected chi connectivity index (χ2v) is 8.94. The van der Waals surface area contributed by atoms with Gasteiger partial charge >= 0.3 is 0 Å². The highest BCUT2D eigenvalue weighted by Gasteiger charge is 2.34. The van der Waals surface area contributed by atoms with Crippen LogP contribution in [0.3, 0.4) is 0 Å². The number of para-hydroxylation sites is 1. The maximum Gasteiger partial charge on any atom is 0.254 e. The van der Waals surface area contributed by atoms with E-state index in [9.17, 15) is 13.2 Å². The van der Waals surface area contributed by atoms with Crippen molar-refractivity contribution in [3.63, 3.8) is 0 Å². The van der Waals surface area contributed by atoms with Gasteiger partial charge in [-0.05, 0) is 43.5 Å². The molecule has 0 saturated carbocycles. The third kappa shape index (κ3) is 4.47. The minimum atomic E-state index is -3.04. The minimum absolute atomic E-state index is 0.0483. The number of carbonyl (C=O) groups excluding carboxylic acids is 1.